The van der Waals surface area contributed by atoms with Crippen LogP contribution in [0.3, 0.4) is 0 Å². The molecule has 3 aromatic rings. The van der Waals surface area contributed by atoms with Crippen molar-refractivity contribution in [2.24, 2.45) is 0 Å². The fourth-order valence-electron chi connectivity index (χ4n) is 3.91. The maximum atomic E-state index is 13.3. The third-order valence-corrected chi connectivity index (χ3v) is 5.93. The third kappa shape index (κ3) is 7.29. The topological polar surface area (TPSA) is 84.2 Å². The number of aromatic nitrogens is 1. The Morgan fingerprint density at radius 3 is 2.58 bits per heavy atom. The predicted molar refractivity (Wildman–Crippen MR) is 137 cm³/mol. The van der Waals surface area contributed by atoms with Gasteiger partial charge in [-0.25, -0.2) is 9.37 Å². The van der Waals surface area contributed by atoms with Crippen molar-refractivity contribution in [3.63, 3.8) is 0 Å². The van der Waals surface area contributed by atoms with Crippen molar-refractivity contribution in [3.8, 4) is 17.7 Å². The van der Waals surface area contributed by atoms with Gasteiger partial charge in [-0.15, -0.1) is 0 Å². The van der Waals surface area contributed by atoms with E-state index in [0.717, 1.165) is 16.7 Å². The van der Waals surface area contributed by atoms with Crippen LogP contribution in [0.5, 0.6) is 11.6 Å². The summed E-state index contributed by atoms with van der Waals surface area (Å²) in [4.78, 5) is 17.5. The van der Waals surface area contributed by atoms with E-state index in [4.69, 9.17) is 9.47 Å². The smallest absolute Gasteiger partial charge is 0.263 e. The number of rotatable bonds is 11. The number of nitrogens with zero attached hydrogens (tertiary/aromatic N) is 2. The Morgan fingerprint density at radius 1 is 1.17 bits per heavy atom. The van der Waals surface area contributed by atoms with E-state index in [2.05, 4.69) is 16.4 Å². The minimum Gasteiger partial charge on any atom is -0.491 e. The second-order valence-electron chi connectivity index (χ2n) is 9.28. The van der Waals surface area contributed by atoms with Gasteiger partial charge in [-0.05, 0) is 81.1 Å². The van der Waals surface area contributed by atoms with Crippen LogP contribution in [-0.2, 0) is 11.2 Å². The molecule has 0 radical (unpaired) electrons. The SMILES string of the molecule is Cc1ccnc(OC(C)(C)C(=O)NC(C)C(Cc2ccc(OCCF)cc2)c2cccc(C#N)c2)c1. The molecule has 0 aliphatic heterocycles. The fraction of sp³-hybridized carbons (Fsp3) is 0.345. The zero-order valence-corrected chi connectivity index (χ0v) is 21.1. The number of carbonyl (C=O) groups excluding carboxylic acids is 1. The lowest BCUT2D eigenvalue weighted by Gasteiger charge is -2.30. The molecule has 0 aliphatic rings. The number of amides is 1. The van der Waals surface area contributed by atoms with E-state index in [1.165, 1.54) is 0 Å². The number of pyridine rings is 1. The first-order valence-corrected chi connectivity index (χ1v) is 11.9. The van der Waals surface area contributed by atoms with Crippen LogP contribution < -0.4 is 14.8 Å². The summed E-state index contributed by atoms with van der Waals surface area (Å²) in [5, 5.41) is 12.5. The van der Waals surface area contributed by atoms with Gasteiger partial charge in [-0.2, -0.15) is 5.26 Å². The molecular formula is C29H32FN3O3. The number of halogens is 1. The highest BCUT2D eigenvalue weighted by Gasteiger charge is 2.33. The fourth-order valence-corrected chi connectivity index (χ4v) is 3.91. The molecule has 3 rings (SSSR count). The van der Waals surface area contributed by atoms with Gasteiger partial charge < -0.3 is 14.8 Å². The summed E-state index contributed by atoms with van der Waals surface area (Å²) in [6, 6.07) is 20.5. The van der Waals surface area contributed by atoms with Crippen LogP contribution in [0.2, 0.25) is 0 Å². The lowest BCUT2D eigenvalue weighted by atomic mass is 9.85. The van der Waals surface area contributed by atoms with Gasteiger partial charge in [0.25, 0.3) is 5.91 Å². The molecule has 1 aromatic heterocycles. The molecule has 7 heteroatoms. The van der Waals surface area contributed by atoms with E-state index < -0.39 is 12.3 Å². The van der Waals surface area contributed by atoms with E-state index in [9.17, 15) is 14.4 Å². The first-order valence-electron chi connectivity index (χ1n) is 11.9. The summed E-state index contributed by atoms with van der Waals surface area (Å²) in [5.74, 6) is 0.600. The average molecular weight is 490 g/mol. The van der Waals surface area contributed by atoms with Crippen molar-refractivity contribution in [1.29, 1.82) is 5.26 Å². The van der Waals surface area contributed by atoms with Crippen molar-refractivity contribution < 1.29 is 18.7 Å². The van der Waals surface area contributed by atoms with Gasteiger partial charge in [0.15, 0.2) is 5.60 Å². The predicted octanol–water partition coefficient (Wildman–Crippen LogP) is 5.30. The largest absolute Gasteiger partial charge is 0.491 e. The van der Waals surface area contributed by atoms with Gasteiger partial charge in [-0.1, -0.05) is 24.3 Å². The standard InChI is InChI=1S/C29H32FN3O3/c1-20-12-14-32-27(16-20)36-29(3,4)28(34)33-21(2)26(24-7-5-6-23(17-24)19-31)18-22-8-10-25(11-9-22)35-15-13-30/h5-12,14,16-17,21,26H,13,15,18H2,1-4H3,(H,33,34). The molecule has 2 aromatic carbocycles. The normalized spacial score (nSPS) is 12.8. The van der Waals surface area contributed by atoms with Gasteiger partial charge in [0.1, 0.15) is 19.0 Å². The van der Waals surface area contributed by atoms with Crippen LogP contribution >= 0.6 is 0 Å². The van der Waals surface area contributed by atoms with Crippen LogP contribution in [0, 0.1) is 18.3 Å². The van der Waals surface area contributed by atoms with E-state index in [-0.39, 0.29) is 24.5 Å². The van der Waals surface area contributed by atoms with Crippen LogP contribution in [0.1, 0.15) is 48.9 Å². The summed E-state index contributed by atoms with van der Waals surface area (Å²) in [7, 11) is 0. The van der Waals surface area contributed by atoms with E-state index in [0.29, 0.717) is 23.6 Å². The summed E-state index contributed by atoms with van der Waals surface area (Å²) >= 11 is 0. The lowest BCUT2D eigenvalue weighted by Crippen LogP contribution is -2.51. The number of hydrogen-bond donors (Lipinski definition) is 1. The molecule has 1 N–H and O–H groups in total. The molecule has 0 fully saturated rings. The zero-order valence-electron chi connectivity index (χ0n) is 21.1. The molecule has 2 atom stereocenters. The maximum Gasteiger partial charge on any atom is 0.263 e. The van der Waals surface area contributed by atoms with Crippen LogP contribution in [0.25, 0.3) is 0 Å². The van der Waals surface area contributed by atoms with Crippen molar-refractivity contribution in [1.82, 2.24) is 10.3 Å². The maximum absolute atomic E-state index is 13.3. The number of ether oxygens (including phenoxy) is 2. The summed E-state index contributed by atoms with van der Waals surface area (Å²) < 4.78 is 23.7. The Hall–Kier alpha value is -3.92. The third-order valence-electron chi connectivity index (χ3n) is 5.93. The average Bonchev–Trinajstić information content (AvgIpc) is 2.86. The van der Waals surface area contributed by atoms with Crippen molar-refractivity contribution >= 4 is 5.91 Å². The molecule has 1 heterocycles. The number of nitriles is 1. The number of aryl methyl sites for hydroxylation is 1. The molecule has 0 saturated carbocycles. The minimum atomic E-state index is -1.15. The molecule has 0 aliphatic carbocycles. The highest BCUT2D eigenvalue weighted by atomic mass is 19.1. The Balaban J connectivity index is 1.80. The first kappa shape index (κ1) is 26.7. The summed E-state index contributed by atoms with van der Waals surface area (Å²) in [5.41, 5.74) is 2.36. The molecule has 0 spiro atoms. The summed E-state index contributed by atoms with van der Waals surface area (Å²) in [6.45, 7) is 6.77. The van der Waals surface area contributed by atoms with Crippen LogP contribution in [0.4, 0.5) is 4.39 Å². The first-order chi connectivity index (χ1) is 17.2. The Morgan fingerprint density at radius 2 is 1.92 bits per heavy atom. The molecule has 0 saturated heterocycles. The molecule has 2 unspecified atom stereocenters. The van der Waals surface area contributed by atoms with Crippen molar-refractivity contribution in [2.75, 3.05) is 13.3 Å². The van der Waals surface area contributed by atoms with Crippen molar-refractivity contribution in [2.45, 2.75) is 51.7 Å². The van der Waals surface area contributed by atoms with Crippen molar-refractivity contribution in [3.05, 3.63) is 89.1 Å². The zero-order chi connectivity index (χ0) is 26.1. The van der Waals surface area contributed by atoms with Crippen LogP contribution in [-0.4, -0.2) is 35.8 Å². The monoisotopic (exact) mass is 489 g/mol. The number of nitrogens with one attached hydrogen (secondary N) is 1. The van der Waals surface area contributed by atoms with E-state index in [1.807, 2.05) is 62.4 Å². The Bertz CT molecular complexity index is 1200. The molecule has 36 heavy (non-hydrogen) atoms. The highest BCUT2D eigenvalue weighted by molar-refractivity contribution is 5.85. The quantitative estimate of drug-likeness (QED) is 0.395. The summed E-state index contributed by atoms with van der Waals surface area (Å²) in [6.07, 6.45) is 2.26. The highest BCUT2D eigenvalue weighted by Crippen LogP contribution is 2.27. The number of hydrogen-bond acceptors (Lipinski definition) is 5. The van der Waals surface area contributed by atoms with Gasteiger partial charge in [-0.3, -0.25) is 4.79 Å². The molecule has 188 valence electrons. The second kappa shape index (κ2) is 12.2. The number of carbonyl (C=O) groups is 1. The molecule has 6 nitrogen and oxygen atoms in total. The van der Waals surface area contributed by atoms with Gasteiger partial charge in [0.05, 0.1) is 11.6 Å². The van der Waals surface area contributed by atoms with E-state index in [1.54, 1.807) is 32.2 Å². The lowest BCUT2D eigenvalue weighted by molar-refractivity contribution is -0.135. The number of benzene rings is 2. The van der Waals surface area contributed by atoms with Gasteiger partial charge in [0, 0.05) is 24.2 Å². The minimum absolute atomic E-state index is 0.0158. The molecular weight excluding hydrogens is 457 g/mol. The molecule has 1 amide bonds. The second-order valence-corrected chi connectivity index (χ2v) is 9.28. The number of alkyl halides is 1. The van der Waals surface area contributed by atoms with Crippen LogP contribution in [0.15, 0.2) is 66.9 Å². The van der Waals surface area contributed by atoms with Gasteiger partial charge in [0.2, 0.25) is 5.88 Å². The van der Waals surface area contributed by atoms with Gasteiger partial charge >= 0.3 is 0 Å². The van der Waals surface area contributed by atoms with E-state index >= 15 is 0 Å². The molecule has 0 bridgehead atoms. The Kier molecular flexibility index (Phi) is 9.02. The Labute approximate surface area is 212 Å².